The zero-order valence-corrected chi connectivity index (χ0v) is 18.2. The molecule has 0 saturated carbocycles. The Hall–Kier alpha value is -2.87. The molecule has 1 heterocycles. The molecule has 0 saturated heterocycles. The van der Waals surface area contributed by atoms with Crippen LogP contribution < -0.4 is 16.9 Å². The van der Waals surface area contributed by atoms with Gasteiger partial charge in [-0.15, -0.1) is 5.10 Å². The van der Waals surface area contributed by atoms with Crippen molar-refractivity contribution < 1.29 is 4.79 Å². The summed E-state index contributed by atoms with van der Waals surface area (Å²) in [5, 5.41) is 13.0. The van der Waals surface area contributed by atoms with Crippen LogP contribution >= 0.6 is 0 Å². The quantitative estimate of drug-likeness (QED) is 0.464. The molecule has 5 N–H and O–H groups in total. The van der Waals surface area contributed by atoms with Gasteiger partial charge in [0.2, 0.25) is 0 Å². The Morgan fingerprint density at radius 3 is 2.45 bits per heavy atom. The topological polar surface area (TPSA) is 115 Å². The first-order valence-corrected chi connectivity index (χ1v) is 10.0. The lowest BCUT2D eigenvalue weighted by Crippen LogP contribution is -2.33. The summed E-state index contributed by atoms with van der Waals surface area (Å²) in [7, 11) is 0. The van der Waals surface area contributed by atoms with Crippen LogP contribution in [0.2, 0.25) is 0 Å². The van der Waals surface area contributed by atoms with Crippen molar-refractivity contribution in [3.8, 4) is 11.3 Å². The van der Waals surface area contributed by atoms with Crippen LogP contribution in [-0.2, 0) is 0 Å². The maximum atomic E-state index is 12.7. The highest BCUT2D eigenvalue weighted by Crippen LogP contribution is 2.24. The monoisotopic (exact) mass is 399 g/mol. The van der Waals surface area contributed by atoms with Crippen LogP contribution in [0.15, 0.2) is 30.6 Å². The first kappa shape index (κ1) is 22.4. The van der Waals surface area contributed by atoms with Gasteiger partial charge in [0, 0.05) is 35.0 Å². The number of nitrogens with two attached hydrogens (primary N) is 2. The summed E-state index contributed by atoms with van der Waals surface area (Å²) >= 11 is 0. The van der Waals surface area contributed by atoms with Gasteiger partial charge in [-0.25, -0.2) is 10.5 Å². The molecule has 8 heteroatoms. The molecule has 0 radical (unpaired) electrons. The van der Waals surface area contributed by atoms with E-state index in [1.54, 1.807) is 12.3 Å². The Kier molecular flexibility index (Phi) is 7.39. The van der Waals surface area contributed by atoms with Crippen LogP contribution in [-0.4, -0.2) is 38.0 Å². The number of carbonyl (C=O) groups excluding carboxylic acids is 1. The number of rotatable bonds is 8. The van der Waals surface area contributed by atoms with Gasteiger partial charge in [-0.2, -0.15) is 0 Å². The van der Waals surface area contributed by atoms with E-state index in [0.29, 0.717) is 22.5 Å². The molecule has 1 unspecified atom stereocenters. The molecule has 0 spiro atoms. The third-order valence-corrected chi connectivity index (χ3v) is 4.68. The summed E-state index contributed by atoms with van der Waals surface area (Å²) in [5.41, 5.74) is 9.43. The van der Waals surface area contributed by atoms with E-state index >= 15 is 0 Å². The molecule has 0 aliphatic rings. The lowest BCUT2D eigenvalue weighted by molar-refractivity contribution is 0.0943. The molecule has 1 atom stereocenters. The van der Waals surface area contributed by atoms with Gasteiger partial charge < -0.3 is 16.1 Å². The van der Waals surface area contributed by atoms with Crippen molar-refractivity contribution in [1.29, 1.82) is 0 Å². The second kappa shape index (κ2) is 9.56. The van der Waals surface area contributed by atoms with Crippen LogP contribution in [0.5, 0.6) is 0 Å². The number of carbonyl (C=O) groups is 1. The van der Waals surface area contributed by atoms with Gasteiger partial charge in [-0.05, 0) is 59.2 Å². The molecule has 8 nitrogen and oxygen atoms in total. The van der Waals surface area contributed by atoms with Crippen molar-refractivity contribution in [2.45, 2.75) is 66.1 Å². The summed E-state index contributed by atoms with van der Waals surface area (Å²) in [6.45, 7) is 12.0. The van der Waals surface area contributed by atoms with Gasteiger partial charge in [0.1, 0.15) is 5.69 Å². The standard InChI is InChI=1S/C21H33N7O/c1-7-15(6)28-12-20(25-26-28)17-8-16(19(22)11-27(23)14(4)5)9-18(10-17)21(29)24-13(2)3/h8-15H,7,22-23H2,1-6H3,(H,24,29)/b19-11-. The van der Waals surface area contributed by atoms with Crippen molar-refractivity contribution in [1.82, 2.24) is 25.3 Å². The number of nitrogens with one attached hydrogen (secondary N) is 1. The highest BCUT2D eigenvalue weighted by molar-refractivity contribution is 5.96. The number of nitrogens with zero attached hydrogens (tertiary/aromatic N) is 4. The number of benzene rings is 1. The van der Waals surface area contributed by atoms with Crippen LogP contribution in [0.25, 0.3) is 17.0 Å². The molecule has 1 aromatic carbocycles. The molecular formula is C21H33N7O. The van der Waals surface area contributed by atoms with Crippen LogP contribution in [0.4, 0.5) is 0 Å². The predicted octanol–water partition coefficient (Wildman–Crippen LogP) is 2.90. The van der Waals surface area contributed by atoms with Crippen LogP contribution in [0.3, 0.4) is 0 Å². The average Bonchev–Trinajstić information content (AvgIpc) is 3.16. The molecule has 29 heavy (non-hydrogen) atoms. The predicted molar refractivity (Wildman–Crippen MR) is 116 cm³/mol. The number of hydrogen-bond acceptors (Lipinski definition) is 6. The Bertz CT molecular complexity index is 870. The molecule has 2 rings (SSSR count). The first-order valence-electron chi connectivity index (χ1n) is 10.0. The molecule has 0 aliphatic heterocycles. The van der Waals surface area contributed by atoms with E-state index in [1.165, 1.54) is 5.01 Å². The fraction of sp³-hybridized carbons (Fsp3) is 0.476. The second-order valence-corrected chi connectivity index (χ2v) is 7.89. The van der Waals surface area contributed by atoms with Gasteiger partial charge >= 0.3 is 0 Å². The summed E-state index contributed by atoms with van der Waals surface area (Å²) in [6.07, 6.45) is 4.51. The summed E-state index contributed by atoms with van der Waals surface area (Å²) in [4.78, 5) is 12.7. The SMILES string of the molecule is CCC(C)n1cc(-c2cc(C(=O)NC(C)C)cc(/C(N)=C/N(N)C(C)C)c2)nn1. The number of hydrogen-bond donors (Lipinski definition) is 3. The zero-order valence-electron chi connectivity index (χ0n) is 18.2. The lowest BCUT2D eigenvalue weighted by atomic mass is 10.0. The summed E-state index contributed by atoms with van der Waals surface area (Å²) in [5.74, 6) is 5.82. The van der Waals surface area contributed by atoms with E-state index in [0.717, 1.165) is 12.0 Å². The fourth-order valence-electron chi connectivity index (χ4n) is 2.61. The lowest BCUT2D eigenvalue weighted by Gasteiger charge is -2.19. The molecule has 0 fully saturated rings. The van der Waals surface area contributed by atoms with E-state index in [4.69, 9.17) is 11.6 Å². The van der Waals surface area contributed by atoms with Gasteiger partial charge in [0.15, 0.2) is 0 Å². The van der Waals surface area contributed by atoms with E-state index in [-0.39, 0.29) is 24.0 Å². The number of amides is 1. The Labute approximate surface area is 172 Å². The summed E-state index contributed by atoms with van der Waals surface area (Å²) < 4.78 is 1.83. The minimum Gasteiger partial charge on any atom is -0.397 e. The first-order chi connectivity index (χ1) is 13.6. The highest BCUT2D eigenvalue weighted by Gasteiger charge is 2.15. The molecule has 0 aliphatic carbocycles. The molecule has 158 valence electrons. The van der Waals surface area contributed by atoms with E-state index in [9.17, 15) is 4.79 Å². The van der Waals surface area contributed by atoms with Crippen molar-refractivity contribution in [3.63, 3.8) is 0 Å². The smallest absolute Gasteiger partial charge is 0.251 e. The average molecular weight is 400 g/mol. The number of hydrazine groups is 1. The van der Waals surface area contributed by atoms with Gasteiger partial charge in [-0.1, -0.05) is 12.1 Å². The Morgan fingerprint density at radius 2 is 1.86 bits per heavy atom. The Balaban J connectivity index is 2.52. The maximum absolute atomic E-state index is 12.7. The second-order valence-electron chi connectivity index (χ2n) is 7.89. The van der Waals surface area contributed by atoms with Gasteiger partial charge in [0.05, 0.1) is 17.9 Å². The fourth-order valence-corrected chi connectivity index (χ4v) is 2.61. The molecule has 2 aromatic rings. The molecular weight excluding hydrogens is 366 g/mol. The van der Waals surface area contributed by atoms with Crippen LogP contribution in [0, 0.1) is 0 Å². The normalized spacial score (nSPS) is 13.1. The minimum atomic E-state index is -0.168. The van der Waals surface area contributed by atoms with E-state index in [1.807, 2.05) is 50.7 Å². The largest absolute Gasteiger partial charge is 0.397 e. The third kappa shape index (κ3) is 5.80. The van der Waals surface area contributed by atoms with Gasteiger partial charge in [0.25, 0.3) is 5.91 Å². The third-order valence-electron chi connectivity index (χ3n) is 4.68. The van der Waals surface area contributed by atoms with E-state index in [2.05, 4.69) is 29.5 Å². The van der Waals surface area contributed by atoms with Crippen molar-refractivity contribution in [3.05, 3.63) is 41.7 Å². The maximum Gasteiger partial charge on any atom is 0.251 e. The van der Waals surface area contributed by atoms with Crippen molar-refractivity contribution >= 4 is 11.6 Å². The Morgan fingerprint density at radius 1 is 1.21 bits per heavy atom. The van der Waals surface area contributed by atoms with Gasteiger partial charge in [-0.3, -0.25) is 4.79 Å². The highest BCUT2D eigenvalue weighted by atomic mass is 16.1. The molecule has 1 amide bonds. The van der Waals surface area contributed by atoms with Crippen molar-refractivity contribution in [2.24, 2.45) is 11.6 Å². The zero-order chi connectivity index (χ0) is 21.7. The molecule has 0 bridgehead atoms. The van der Waals surface area contributed by atoms with Crippen molar-refractivity contribution in [2.75, 3.05) is 0 Å². The van der Waals surface area contributed by atoms with E-state index < -0.39 is 0 Å². The minimum absolute atomic E-state index is 0.0225. The molecule has 1 aromatic heterocycles. The summed E-state index contributed by atoms with van der Waals surface area (Å²) in [6, 6.07) is 5.83. The van der Waals surface area contributed by atoms with Crippen LogP contribution in [0.1, 0.15) is 69.9 Å². The number of aromatic nitrogens is 3.